The van der Waals surface area contributed by atoms with Gasteiger partial charge in [0.2, 0.25) is 6.29 Å². The van der Waals surface area contributed by atoms with Crippen LogP contribution in [0, 0.1) is 0 Å². The molecule has 1 aromatic carbocycles. The summed E-state index contributed by atoms with van der Waals surface area (Å²) in [7, 11) is 2.08. The largest absolute Gasteiger partial charge is 0.289 e. The maximum absolute atomic E-state index is 11.2. The summed E-state index contributed by atoms with van der Waals surface area (Å²) in [5.41, 5.74) is 1.27. The number of nitrogens with zero attached hydrogens (tertiary/aromatic N) is 2. The highest BCUT2D eigenvalue weighted by Gasteiger charge is 2.28. The van der Waals surface area contributed by atoms with Gasteiger partial charge in [-0.2, -0.15) is 0 Å². The second kappa shape index (κ2) is 7.55. The number of hydrogen-bond acceptors (Lipinski definition) is 3. The van der Waals surface area contributed by atoms with Gasteiger partial charge in [0.05, 0.1) is 6.04 Å². The summed E-state index contributed by atoms with van der Waals surface area (Å²) >= 11 is 0. The number of hydrazine groups is 1. The van der Waals surface area contributed by atoms with E-state index in [0.717, 1.165) is 6.54 Å². The van der Waals surface area contributed by atoms with Crippen LogP contribution in [-0.2, 0) is 11.3 Å². The Hall–Kier alpha value is -1.19. The van der Waals surface area contributed by atoms with Crippen molar-refractivity contribution in [2.45, 2.75) is 57.7 Å². The third-order valence-corrected chi connectivity index (χ3v) is 4.16. The van der Waals surface area contributed by atoms with Gasteiger partial charge in [-0.25, -0.2) is 10.0 Å². The minimum absolute atomic E-state index is 0.174. The number of rotatable bonds is 6. The first kappa shape index (κ1) is 15.2. The molecule has 1 radical (unpaired) electrons. The fourth-order valence-corrected chi connectivity index (χ4v) is 3.22. The van der Waals surface area contributed by atoms with Crippen LogP contribution in [0.2, 0.25) is 0 Å². The molecule has 2 rings (SSSR count). The number of benzene rings is 1. The van der Waals surface area contributed by atoms with Crippen molar-refractivity contribution in [3.63, 3.8) is 0 Å². The molecule has 20 heavy (non-hydrogen) atoms. The van der Waals surface area contributed by atoms with Gasteiger partial charge in [0.1, 0.15) is 0 Å². The van der Waals surface area contributed by atoms with Crippen molar-refractivity contribution in [2.75, 3.05) is 7.05 Å². The predicted molar refractivity (Wildman–Crippen MR) is 81.8 cm³/mol. The van der Waals surface area contributed by atoms with Gasteiger partial charge >= 0.3 is 0 Å². The topological polar surface area (TPSA) is 23.6 Å². The van der Waals surface area contributed by atoms with E-state index in [1.54, 1.807) is 0 Å². The Morgan fingerprint density at radius 2 is 1.85 bits per heavy atom. The Labute approximate surface area is 122 Å². The van der Waals surface area contributed by atoms with E-state index < -0.39 is 0 Å². The molecule has 0 unspecified atom stereocenters. The fourth-order valence-electron chi connectivity index (χ4n) is 3.22. The average molecular weight is 273 g/mol. The summed E-state index contributed by atoms with van der Waals surface area (Å²) in [6.45, 7) is 2.78. The SMILES string of the molecule is C[C@@H]([C]=O)N(C1CCCCC1)N(C)Cc1ccccc1. The molecule has 1 atom stereocenters. The second-order valence-corrected chi connectivity index (χ2v) is 5.77. The van der Waals surface area contributed by atoms with Crippen LogP contribution in [-0.4, -0.2) is 35.4 Å². The lowest BCUT2D eigenvalue weighted by molar-refractivity contribution is -0.0699. The van der Waals surface area contributed by atoms with E-state index in [0.29, 0.717) is 6.04 Å². The van der Waals surface area contributed by atoms with E-state index in [-0.39, 0.29) is 6.04 Å². The molecule has 0 aliphatic heterocycles. The van der Waals surface area contributed by atoms with Crippen molar-refractivity contribution in [2.24, 2.45) is 0 Å². The highest BCUT2D eigenvalue weighted by atomic mass is 16.1. The highest BCUT2D eigenvalue weighted by Crippen LogP contribution is 2.25. The van der Waals surface area contributed by atoms with Crippen LogP contribution in [0.4, 0.5) is 0 Å². The molecule has 0 N–H and O–H groups in total. The van der Waals surface area contributed by atoms with Crippen molar-refractivity contribution < 1.29 is 4.79 Å². The van der Waals surface area contributed by atoms with Crippen molar-refractivity contribution in [3.05, 3.63) is 35.9 Å². The highest BCUT2D eigenvalue weighted by molar-refractivity contribution is 5.57. The minimum Gasteiger partial charge on any atom is -0.289 e. The summed E-state index contributed by atoms with van der Waals surface area (Å²) < 4.78 is 0. The van der Waals surface area contributed by atoms with Crippen LogP contribution in [0.5, 0.6) is 0 Å². The molecular weight excluding hydrogens is 248 g/mol. The zero-order chi connectivity index (χ0) is 14.4. The normalized spacial score (nSPS) is 18.4. The zero-order valence-electron chi connectivity index (χ0n) is 12.6. The fraction of sp³-hybridized carbons (Fsp3) is 0.588. The van der Waals surface area contributed by atoms with Crippen LogP contribution in [0.15, 0.2) is 30.3 Å². The van der Waals surface area contributed by atoms with Crippen molar-refractivity contribution >= 4 is 6.29 Å². The smallest absolute Gasteiger partial charge is 0.218 e. The standard InChI is InChI=1S/C17H25N2O/c1-15(14-20)19(17-11-7-4-8-12-17)18(2)13-16-9-5-3-6-10-16/h3,5-6,9-10,15,17H,4,7-8,11-13H2,1-2H3/t15-/m0/s1. The Bertz CT molecular complexity index is 401. The summed E-state index contributed by atoms with van der Waals surface area (Å²) in [6, 6.07) is 10.7. The zero-order valence-corrected chi connectivity index (χ0v) is 12.6. The van der Waals surface area contributed by atoms with Crippen LogP contribution in [0.25, 0.3) is 0 Å². The van der Waals surface area contributed by atoms with E-state index in [9.17, 15) is 4.79 Å². The minimum atomic E-state index is -0.174. The Balaban J connectivity index is 2.06. The molecule has 1 fully saturated rings. The molecule has 0 spiro atoms. The van der Waals surface area contributed by atoms with Gasteiger partial charge < -0.3 is 0 Å². The molecule has 3 nitrogen and oxygen atoms in total. The molecule has 3 heteroatoms. The van der Waals surface area contributed by atoms with Gasteiger partial charge in [0, 0.05) is 19.6 Å². The van der Waals surface area contributed by atoms with Gasteiger partial charge in [-0.1, -0.05) is 49.6 Å². The third kappa shape index (κ3) is 3.90. The molecule has 0 saturated heterocycles. The van der Waals surface area contributed by atoms with E-state index in [4.69, 9.17) is 0 Å². The van der Waals surface area contributed by atoms with Crippen molar-refractivity contribution in [1.82, 2.24) is 10.0 Å². The molecule has 109 valence electrons. The quantitative estimate of drug-likeness (QED) is 0.744. The van der Waals surface area contributed by atoms with Gasteiger partial charge in [-0.3, -0.25) is 4.79 Å². The molecule has 1 saturated carbocycles. The Morgan fingerprint density at radius 1 is 1.20 bits per heavy atom. The summed E-state index contributed by atoms with van der Waals surface area (Å²) in [5, 5.41) is 4.43. The van der Waals surface area contributed by atoms with Crippen LogP contribution >= 0.6 is 0 Å². The van der Waals surface area contributed by atoms with Gasteiger partial charge in [0.25, 0.3) is 0 Å². The molecule has 0 heterocycles. The molecule has 1 aliphatic rings. The summed E-state index contributed by atoms with van der Waals surface area (Å²) in [4.78, 5) is 11.2. The average Bonchev–Trinajstić information content (AvgIpc) is 2.49. The van der Waals surface area contributed by atoms with Gasteiger partial charge in [-0.05, 0) is 25.3 Å². The molecule has 1 aromatic rings. The van der Waals surface area contributed by atoms with Gasteiger partial charge in [0.15, 0.2) is 0 Å². The first-order valence-corrected chi connectivity index (χ1v) is 7.63. The number of hydrogen-bond donors (Lipinski definition) is 0. The van der Waals surface area contributed by atoms with Crippen molar-refractivity contribution in [3.8, 4) is 0 Å². The maximum atomic E-state index is 11.2. The Kier molecular flexibility index (Phi) is 5.74. The lowest BCUT2D eigenvalue weighted by Crippen LogP contribution is -2.52. The first-order valence-electron chi connectivity index (χ1n) is 7.63. The molecular formula is C17H25N2O. The third-order valence-electron chi connectivity index (χ3n) is 4.16. The van der Waals surface area contributed by atoms with E-state index in [1.807, 2.05) is 13.0 Å². The van der Waals surface area contributed by atoms with Crippen LogP contribution < -0.4 is 0 Å². The van der Waals surface area contributed by atoms with E-state index in [1.165, 1.54) is 37.7 Å². The van der Waals surface area contributed by atoms with Crippen LogP contribution in [0.1, 0.15) is 44.6 Å². The van der Waals surface area contributed by atoms with E-state index in [2.05, 4.69) is 47.6 Å². The summed E-state index contributed by atoms with van der Waals surface area (Å²) in [5.74, 6) is 0. The first-order chi connectivity index (χ1) is 9.72. The lowest BCUT2D eigenvalue weighted by Gasteiger charge is -2.42. The predicted octanol–water partition coefficient (Wildman–Crippen LogP) is 3.17. The molecule has 0 aromatic heterocycles. The molecule has 0 bridgehead atoms. The van der Waals surface area contributed by atoms with E-state index >= 15 is 0 Å². The lowest BCUT2D eigenvalue weighted by atomic mass is 9.94. The summed E-state index contributed by atoms with van der Waals surface area (Å²) in [6.07, 6.45) is 8.40. The molecule has 1 aliphatic carbocycles. The second-order valence-electron chi connectivity index (χ2n) is 5.77. The number of carbonyl (C=O) groups excluding carboxylic acids is 1. The monoisotopic (exact) mass is 273 g/mol. The van der Waals surface area contributed by atoms with Crippen molar-refractivity contribution in [1.29, 1.82) is 0 Å². The Morgan fingerprint density at radius 3 is 2.45 bits per heavy atom. The van der Waals surface area contributed by atoms with Crippen LogP contribution in [0.3, 0.4) is 0 Å². The maximum Gasteiger partial charge on any atom is 0.218 e. The molecule has 0 amide bonds. The van der Waals surface area contributed by atoms with Gasteiger partial charge in [-0.15, -0.1) is 0 Å².